The molecule has 1 heterocycles. The number of rotatable bonds is 4. The molecule has 2 rings (SSSR count). The van der Waals surface area contributed by atoms with E-state index in [1.54, 1.807) is 19.3 Å². The summed E-state index contributed by atoms with van der Waals surface area (Å²) in [6, 6.07) is 10.1. The molecule has 1 N–H and O–H groups in total. The Bertz CT molecular complexity index is 599. The van der Waals surface area contributed by atoms with Gasteiger partial charge in [-0.15, -0.1) is 0 Å². The molecule has 0 saturated carbocycles. The van der Waals surface area contributed by atoms with Crippen LogP contribution < -0.4 is 4.74 Å². The largest absolute Gasteiger partial charge is 0.507 e. The molecule has 0 spiro atoms. The second kappa shape index (κ2) is 6.06. The Hall–Kier alpha value is -2.56. The van der Waals surface area contributed by atoms with Crippen LogP contribution in [0.2, 0.25) is 0 Å². The van der Waals surface area contributed by atoms with Gasteiger partial charge in [0, 0.05) is 13.2 Å². The Morgan fingerprint density at radius 2 is 2.15 bits per heavy atom. The minimum atomic E-state index is -0.285. The topological polar surface area (TPSA) is 62.7 Å². The monoisotopic (exact) mass is 272 g/mol. The van der Waals surface area contributed by atoms with Gasteiger partial charge in [-0.25, -0.2) is 0 Å². The van der Waals surface area contributed by atoms with Crippen LogP contribution in [0.1, 0.15) is 16.1 Å². The summed E-state index contributed by atoms with van der Waals surface area (Å²) in [6.07, 6.45) is 1.68. The molecule has 1 aromatic heterocycles. The van der Waals surface area contributed by atoms with Gasteiger partial charge >= 0.3 is 0 Å². The van der Waals surface area contributed by atoms with Crippen molar-refractivity contribution < 1.29 is 14.6 Å². The van der Waals surface area contributed by atoms with Crippen LogP contribution in [0.4, 0.5) is 0 Å². The van der Waals surface area contributed by atoms with Gasteiger partial charge in [-0.05, 0) is 30.3 Å². The summed E-state index contributed by atoms with van der Waals surface area (Å²) >= 11 is 0. The lowest BCUT2D eigenvalue weighted by atomic mass is 10.1. The Morgan fingerprint density at radius 3 is 2.80 bits per heavy atom. The van der Waals surface area contributed by atoms with Crippen molar-refractivity contribution in [2.45, 2.75) is 6.54 Å². The molecule has 1 amide bonds. The molecule has 2 aromatic rings. The first-order chi connectivity index (χ1) is 9.61. The number of phenols is 1. The zero-order valence-corrected chi connectivity index (χ0v) is 11.4. The fraction of sp³-hybridized carbons (Fsp3) is 0.200. The number of amides is 1. The van der Waals surface area contributed by atoms with Gasteiger partial charge < -0.3 is 14.7 Å². The van der Waals surface area contributed by atoms with Gasteiger partial charge in [0.1, 0.15) is 11.5 Å². The van der Waals surface area contributed by atoms with Crippen molar-refractivity contribution in [3.05, 3.63) is 53.9 Å². The number of methoxy groups -OCH3 is 1. The highest BCUT2D eigenvalue weighted by molar-refractivity contribution is 5.97. The zero-order chi connectivity index (χ0) is 14.5. The predicted octanol–water partition coefficient (Wildman–Crippen LogP) is 2.07. The maximum Gasteiger partial charge on any atom is 0.257 e. The average molecular weight is 272 g/mol. The maximum atomic E-state index is 12.3. The van der Waals surface area contributed by atoms with E-state index >= 15 is 0 Å². The van der Waals surface area contributed by atoms with Crippen LogP contribution >= 0.6 is 0 Å². The van der Waals surface area contributed by atoms with E-state index in [0.29, 0.717) is 12.3 Å². The number of carbonyl (C=O) groups excluding carboxylic acids is 1. The molecule has 0 radical (unpaired) electrons. The first-order valence-corrected chi connectivity index (χ1v) is 6.14. The number of phenolic OH excluding ortho intramolecular Hbond substituents is 1. The fourth-order valence-electron chi connectivity index (χ4n) is 1.83. The van der Waals surface area contributed by atoms with Gasteiger partial charge in [-0.3, -0.25) is 9.78 Å². The number of nitrogens with zero attached hydrogens (tertiary/aromatic N) is 2. The molecule has 1 aromatic carbocycles. The Morgan fingerprint density at radius 1 is 1.35 bits per heavy atom. The number of aromatic nitrogens is 1. The summed E-state index contributed by atoms with van der Waals surface area (Å²) in [5.74, 6) is 0.174. The highest BCUT2D eigenvalue weighted by Crippen LogP contribution is 2.24. The van der Waals surface area contributed by atoms with Crippen molar-refractivity contribution in [1.82, 2.24) is 9.88 Å². The molecule has 5 nitrogen and oxygen atoms in total. The minimum Gasteiger partial charge on any atom is -0.507 e. The summed E-state index contributed by atoms with van der Waals surface area (Å²) < 4.78 is 5.06. The van der Waals surface area contributed by atoms with Crippen molar-refractivity contribution in [3.63, 3.8) is 0 Å². The highest BCUT2D eigenvalue weighted by Gasteiger charge is 2.17. The number of carbonyl (C=O) groups is 1. The summed E-state index contributed by atoms with van der Waals surface area (Å²) in [5.41, 5.74) is 0.994. The fourth-order valence-corrected chi connectivity index (χ4v) is 1.83. The lowest BCUT2D eigenvalue weighted by Gasteiger charge is -2.17. The second-order valence-corrected chi connectivity index (χ2v) is 4.37. The molecule has 0 aliphatic carbocycles. The number of hydrogen-bond acceptors (Lipinski definition) is 4. The third-order valence-electron chi connectivity index (χ3n) is 2.91. The Labute approximate surface area is 117 Å². The molecular formula is C15H16N2O3. The average Bonchev–Trinajstić information content (AvgIpc) is 2.48. The molecule has 20 heavy (non-hydrogen) atoms. The molecule has 0 saturated heterocycles. The number of aromatic hydroxyl groups is 1. The first kappa shape index (κ1) is 13.9. The molecule has 0 unspecified atom stereocenters. The smallest absolute Gasteiger partial charge is 0.257 e. The van der Waals surface area contributed by atoms with E-state index in [0.717, 1.165) is 5.69 Å². The molecule has 0 aliphatic heterocycles. The molecule has 0 atom stereocenters. The van der Waals surface area contributed by atoms with E-state index in [2.05, 4.69) is 4.98 Å². The van der Waals surface area contributed by atoms with Crippen LogP contribution in [0.15, 0.2) is 42.6 Å². The summed E-state index contributed by atoms with van der Waals surface area (Å²) in [5, 5.41) is 9.80. The Balaban J connectivity index is 2.18. The van der Waals surface area contributed by atoms with Gasteiger partial charge in [0.2, 0.25) is 0 Å². The van der Waals surface area contributed by atoms with Gasteiger partial charge in [0.15, 0.2) is 0 Å². The maximum absolute atomic E-state index is 12.3. The minimum absolute atomic E-state index is 0.0660. The number of hydrogen-bond donors (Lipinski definition) is 1. The third kappa shape index (κ3) is 3.06. The van der Waals surface area contributed by atoms with E-state index in [1.807, 2.05) is 18.2 Å². The van der Waals surface area contributed by atoms with Crippen molar-refractivity contribution in [2.24, 2.45) is 0 Å². The first-order valence-electron chi connectivity index (χ1n) is 6.14. The molecule has 0 fully saturated rings. The normalized spacial score (nSPS) is 10.1. The van der Waals surface area contributed by atoms with E-state index in [4.69, 9.17) is 4.74 Å². The summed E-state index contributed by atoms with van der Waals surface area (Å²) in [7, 11) is 3.17. The van der Waals surface area contributed by atoms with E-state index in [-0.39, 0.29) is 17.2 Å². The van der Waals surface area contributed by atoms with E-state index in [9.17, 15) is 9.90 Å². The number of pyridine rings is 1. The summed E-state index contributed by atoms with van der Waals surface area (Å²) in [4.78, 5) is 18.0. The molecular weight excluding hydrogens is 256 g/mol. The van der Waals surface area contributed by atoms with E-state index in [1.165, 1.54) is 24.1 Å². The summed E-state index contributed by atoms with van der Waals surface area (Å²) in [6.45, 7) is 0.371. The second-order valence-electron chi connectivity index (χ2n) is 4.37. The number of ether oxygens (including phenoxy) is 1. The van der Waals surface area contributed by atoms with Crippen LogP contribution in [-0.4, -0.2) is 35.1 Å². The Kier molecular flexibility index (Phi) is 4.20. The molecule has 0 aliphatic rings. The molecule has 104 valence electrons. The van der Waals surface area contributed by atoms with Crippen LogP contribution in [0, 0.1) is 0 Å². The van der Waals surface area contributed by atoms with Gasteiger partial charge in [0.25, 0.3) is 5.91 Å². The lowest BCUT2D eigenvalue weighted by Crippen LogP contribution is -2.26. The van der Waals surface area contributed by atoms with Gasteiger partial charge in [-0.1, -0.05) is 6.07 Å². The SMILES string of the molecule is COc1ccc(O)c(C(=O)N(C)Cc2ccccn2)c1. The molecule has 5 heteroatoms. The van der Waals surface area contributed by atoms with Crippen LogP contribution in [0.5, 0.6) is 11.5 Å². The number of benzene rings is 1. The van der Waals surface area contributed by atoms with E-state index < -0.39 is 0 Å². The lowest BCUT2D eigenvalue weighted by molar-refractivity contribution is 0.0780. The van der Waals surface area contributed by atoms with Crippen molar-refractivity contribution in [1.29, 1.82) is 0 Å². The third-order valence-corrected chi connectivity index (χ3v) is 2.91. The van der Waals surface area contributed by atoms with Gasteiger partial charge in [0.05, 0.1) is 24.9 Å². The quantitative estimate of drug-likeness (QED) is 0.925. The predicted molar refractivity (Wildman–Crippen MR) is 74.7 cm³/mol. The van der Waals surface area contributed by atoms with Gasteiger partial charge in [-0.2, -0.15) is 0 Å². The van der Waals surface area contributed by atoms with Crippen molar-refractivity contribution >= 4 is 5.91 Å². The van der Waals surface area contributed by atoms with Crippen molar-refractivity contribution in [3.8, 4) is 11.5 Å². The van der Waals surface area contributed by atoms with Crippen LogP contribution in [0.3, 0.4) is 0 Å². The standard InChI is InChI=1S/C15H16N2O3/c1-17(10-11-5-3-4-8-16-11)15(19)13-9-12(20-2)6-7-14(13)18/h3-9,18H,10H2,1-2H3. The van der Waals surface area contributed by atoms with Crippen molar-refractivity contribution in [2.75, 3.05) is 14.2 Å². The zero-order valence-electron chi connectivity index (χ0n) is 11.4. The van der Waals surface area contributed by atoms with Crippen LogP contribution in [0.25, 0.3) is 0 Å². The molecule has 0 bridgehead atoms. The highest BCUT2D eigenvalue weighted by atomic mass is 16.5. The van der Waals surface area contributed by atoms with Crippen LogP contribution in [-0.2, 0) is 6.54 Å².